The molecule has 21 heavy (non-hydrogen) atoms. The van der Waals surface area contributed by atoms with Gasteiger partial charge in [-0.15, -0.1) is 0 Å². The first-order chi connectivity index (χ1) is 10.2. The zero-order chi connectivity index (χ0) is 14.8. The average molecular weight is 293 g/mol. The summed E-state index contributed by atoms with van der Waals surface area (Å²) in [6.07, 6.45) is 5.76. The van der Waals surface area contributed by atoms with Crippen molar-refractivity contribution >= 4 is 0 Å². The molecule has 0 aromatic rings. The van der Waals surface area contributed by atoms with Gasteiger partial charge in [0.15, 0.2) is 0 Å². The predicted molar refractivity (Wildman–Crippen MR) is 89.6 cm³/mol. The molecule has 1 aliphatic carbocycles. The van der Waals surface area contributed by atoms with E-state index < -0.39 is 0 Å². The molecule has 3 atom stereocenters. The van der Waals surface area contributed by atoms with Crippen molar-refractivity contribution in [2.24, 2.45) is 17.8 Å². The first kappa shape index (κ1) is 15.8. The third-order valence-corrected chi connectivity index (χ3v) is 6.29. The number of rotatable bonds is 5. The Morgan fingerprint density at radius 3 is 2.33 bits per heavy atom. The van der Waals surface area contributed by atoms with E-state index in [1.54, 1.807) is 0 Å². The van der Waals surface area contributed by atoms with Crippen LogP contribution >= 0.6 is 0 Å². The van der Waals surface area contributed by atoms with Crippen molar-refractivity contribution in [1.82, 2.24) is 15.1 Å². The number of nitrogens with one attached hydrogen (secondary N) is 1. The van der Waals surface area contributed by atoms with Gasteiger partial charge >= 0.3 is 0 Å². The highest BCUT2D eigenvalue weighted by Crippen LogP contribution is 2.35. The first-order valence-corrected chi connectivity index (χ1v) is 9.37. The summed E-state index contributed by atoms with van der Waals surface area (Å²) in [5, 5.41) is 4.02. The van der Waals surface area contributed by atoms with Gasteiger partial charge in [0.05, 0.1) is 0 Å². The van der Waals surface area contributed by atoms with Gasteiger partial charge in [-0.25, -0.2) is 0 Å². The van der Waals surface area contributed by atoms with Crippen molar-refractivity contribution in [2.45, 2.75) is 58.5 Å². The zero-order valence-corrected chi connectivity index (χ0v) is 14.4. The summed E-state index contributed by atoms with van der Waals surface area (Å²) in [6, 6.07) is 1.53. The highest BCUT2D eigenvalue weighted by Gasteiger charge is 2.40. The van der Waals surface area contributed by atoms with Crippen molar-refractivity contribution in [3.05, 3.63) is 0 Å². The highest BCUT2D eigenvalue weighted by atomic mass is 15.2. The van der Waals surface area contributed by atoms with Crippen LogP contribution in [0.5, 0.6) is 0 Å². The molecule has 0 aromatic heterocycles. The fourth-order valence-corrected chi connectivity index (χ4v) is 4.90. The van der Waals surface area contributed by atoms with E-state index in [0.717, 1.165) is 29.8 Å². The molecular formula is C18H35N3. The lowest BCUT2D eigenvalue weighted by molar-refractivity contribution is 0.0283. The zero-order valence-electron chi connectivity index (χ0n) is 14.4. The Morgan fingerprint density at radius 1 is 1.05 bits per heavy atom. The van der Waals surface area contributed by atoms with Crippen molar-refractivity contribution in [3.8, 4) is 0 Å². The van der Waals surface area contributed by atoms with E-state index in [4.69, 9.17) is 0 Å². The van der Waals surface area contributed by atoms with Crippen LogP contribution in [0, 0.1) is 17.8 Å². The van der Waals surface area contributed by atoms with Crippen LogP contribution in [0.25, 0.3) is 0 Å². The molecule has 1 N–H and O–H groups in total. The van der Waals surface area contributed by atoms with Crippen LogP contribution in [0.3, 0.4) is 0 Å². The molecule has 3 rings (SSSR count). The summed E-state index contributed by atoms with van der Waals surface area (Å²) < 4.78 is 0. The highest BCUT2D eigenvalue weighted by molar-refractivity contribution is 4.96. The maximum Gasteiger partial charge on any atom is 0.0148 e. The number of piperidine rings is 1. The van der Waals surface area contributed by atoms with E-state index in [9.17, 15) is 0 Å². The first-order valence-electron chi connectivity index (χ1n) is 9.37. The monoisotopic (exact) mass is 293 g/mol. The predicted octanol–water partition coefficient (Wildman–Crippen LogP) is 2.43. The van der Waals surface area contributed by atoms with Gasteiger partial charge < -0.3 is 15.1 Å². The van der Waals surface area contributed by atoms with E-state index in [-0.39, 0.29) is 0 Å². The van der Waals surface area contributed by atoms with Crippen LogP contribution in [0.15, 0.2) is 0 Å². The van der Waals surface area contributed by atoms with Gasteiger partial charge in [-0.1, -0.05) is 13.3 Å². The Morgan fingerprint density at radius 2 is 1.76 bits per heavy atom. The molecule has 122 valence electrons. The van der Waals surface area contributed by atoms with Gasteiger partial charge in [0.2, 0.25) is 0 Å². The molecule has 3 fully saturated rings. The molecule has 3 aliphatic rings. The van der Waals surface area contributed by atoms with Gasteiger partial charge in [-0.05, 0) is 70.5 Å². The largest absolute Gasteiger partial charge is 0.313 e. The molecule has 1 saturated carbocycles. The molecule has 0 aromatic carbocycles. The summed E-state index contributed by atoms with van der Waals surface area (Å²) >= 11 is 0. The fourth-order valence-electron chi connectivity index (χ4n) is 4.90. The lowest BCUT2D eigenvalue weighted by Gasteiger charge is -2.49. The number of nitrogens with zero attached hydrogens (tertiary/aromatic N) is 2. The minimum atomic E-state index is 0.724. The lowest BCUT2D eigenvalue weighted by Crippen LogP contribution is -2.58. The van der Waals surface area contributed by atoms with E-state index >= 15 is 0 Å². The van der Waals surface area contributed by atoms with Crippen LogP contribution in [-0.4, -0.2) is 61.2 Å². The average Bonchev–Trinajstić information content (AvgIpc) is 2.92. The maximum atomic E-state index is 4.02. The number of likely N-dealkylation sites (tertiary alicyclic amines) is 2. The van der Waals surface area contributed by atoms with Crippen LogP contribution < -0.4 is 5.32 Å². The molecule has 2 heterocycles. The Bertz CT molecular complexity index is 316. The van der Waals surface area contributed by atoms with E-state index in [2.05, 4.69) is 35.9 Å². The van der Waals surface area contributed by atoms with Crippen LogP contribution in [0.1, 0.15) is 46.5 Å². The Kier molecular flexibility index (Phi) is 5.23. The second-order valence-corrected chi connectivity index (χ2v) is 7.98. The SMILES string of the molecule is CCN1CCC(CNC2C3CCCC2CN(C(C)C)C3)C1. The van der Waals surface area contributed by atoms with Gasteiger partial charge in [-0.3, -0.25) is 0 Å². The van der Waals surface area contributed by atoms with Crippen molar-refractivity contribution in [3.63, 3.8) is 0 Å². The standard InChI is InChI=1S/C18H35N3/c1-4-20-9-8-15(11-20)10-19-18-16-6-5-7-17(18)13-21(12-16)14(2)3/h14-19H,4-13H2,1-3H3. The summed E-state index contributed by atoms with van der Waals surface area (Å²) in [4.78, 5) is 5.33. The molecule has 3 nitrogen and oxygen atoms in total. The number of fused-ring (bicyclic) bond motifs is 2. The lowest BCUT2D eigenvalue weighted by atomic mass is 9.73. The molecule has 3 unspecified atom stereocenters. The number of hydrogen-bond acceptors (Lipinski definition) is 3. The van der Waals surface area contributed by atoms with Gasteiger partial charge in [0.1, 0.15) is 0 Å². The minimum absolute atomic E-state index is 0.724. The van der Waals surface area contributed by atoms with Crippen LogP contribution in [0.4, 0.5) is 0 Å². The maximum absolute atomic E-state index is 4.02. The Balaban J connectivity index is 1.51. The van der Waals surface area contributed by atoms with Crippen LogP contribution in [-0.2, 0) is 0 Å². The van der Waals surface area contributed by atoms with Crippen LogP contribution in [0.2, 0.25) is 0 Å². The van der Waals surface area contributed by atoms with Gasteiger partial charge in [0, 0.05) is 31.7 Å². The third kappa shape index (κ3) is 3.62. The molecule has 2 saturated heterocycles. The normalized spacial score (nSPS) is 38.3. The molecule has 0 spiro atoms. The summed E-state index contributed by atoms with van der Waals surface area (Å²) in [5.41, 5.74) is 0. The van der Waals surface area contributed by atoms with E-state index in [0.29, 0.717) is 0 Å². The number of hydrogen-bond donors (Lipinski definition) is 1. The molecule has 2 bridgehead atoms. The van der Waals surface area contributed by atoms with E-state index in [1.165, 1.54) is 65.0 Å². The summed E-state index contributed by atoms with van der Waals surface area (Å²) in [5.74, 6) is 2.71. The molecular weight excluding hydrogens is 258 g/mol. The third-order valence-electron chi connectivity index (χ3n) is 6.29. The second kappa shape index (κ2) is 6.97. The van der Waals surface area contributed by atoms with E-state index in [1.807, 2.05) is 0 Å². The molecule has 2 aliphatic heterocycles. The molecule has 0 radical (unpaired) electrons. The molecule has 3 heteroatoms. The quantitative estimate of drug-likeness (QED) is 0.840. The van der Waals surface area contributed by atoms with Crippen molar-refractivity contribution in [1.29, 1.82) is 0 Å². The fraction of sp³-hybridized carbons (Fsp3) is 1.00. The van der Waals surface area contributed by atoms with Crippen molar-refractivity contribution < 1.29 is 0 Å². The van der Waals surface area contributed by atoms with Crippen molar-refractivity contribution in [2.75, 3.05) is 39.3 Å². The Hall–Kier alpha value is -0.120. The van der Waals surface area contributed by atoms with Gasteiger partial charge in [-0.2, -0.15) is 0 Å². The minimum Gasteiger partial charge on any atom is -0.313 e. The second-order valence-electron chi connectivity index (χ2n) is 7.98. The summed E-state index contributed by atoms with van der Waals surface area (Å²) in [6.45, 7) is 14.8. The summed E-state index contributed by atoms with van der Waals surface area (Å²) in [7, 11) is 0. The van der Waals surface area contributed by atoms with Gasteiger partial charge in [0.25, 0.3) is 0 Å². The Labute approximate surface area is 131 Å². The smallest absolute Gasteiger partial charge is 0.0148 e. The molecule has 0 amide bonds. The topological polar surface area (TPSA) is 18.5 Å².